The van der Waals surface area contributed by atoms with Gasteiger partial charge in [-0.2, -0.15) is 11.3 Å². The molecule has 5 heteroatoms. The number of thiophene rings is 1. The highest BCUT2D eigenvalue weighted by molar-refractivity contribution is 7.07. The molecule has 0 saturated carbocycles. The van der Waals surface area contributed by atoms with Gasteiger partial charge in [0.05, 0.1) is 12.5 Å². The molecule has 3 fully saturated rings. The summed E-state index contributed by atoms with van der Waals surface area (Å²) in [7, 11) is 0. The lowest BCUT2D eigenvalue weighted by Gasteiger charge is -2.49. The number of carbonyl (C=O) groups excluding carboxylic acids is 1. The van der Waals surface area contributed by atoms with Crippen LogP contribution in [0.3, 0.4) is 0 Å². The van der Waals surface area contributed by atoms with Crippen LogP contribution in [0.15, 0.2) is 16.8 Å². The Bertz CT molecular complexity index is 504. The third-order valence-corrected chi connectivity index (χ3v) is 5.88. The normalized spacial score (nSPS) is 28.2. The van der Waals surface area contributed by atoms with Crippen LogP contribution < -0.4 is 0 Å². The van der Waals surface area contributed by atoms with Crippen molar-refractivity contribution >= 4 is 17.2 Å². The fraction of sp³-hybridized carbons (Fsp3) is 0.688. The topological polar surface area (TPSA) is 32.8 Å². The molecule has 0 radical (unpaired) electrons. The highest BCUT2D eigenvalue weighted by Gasteiger charge is 2.50. The van der Waals surface area contributed by atoms with Gasteiger partial charge in [-0.1, -0.05) is 0 Å². The van der Waals surface area contributed by atoms with Gasteiger partial charge in [0.25, 0.3) is 0 Å². The van der Waals surface area contributed by atoms with Crippen LogP contribution in [0.4, 0.5) is 0 Å². The highest BCUT2D eigenvalue weighted by atomic mass is 32.1. The van der Waals surface area contributed by atoms with Crippen LogP contribution in [0.2, 0.25) is 0 Å². The third-order valence-electron chi connectivity index (χ3n) is 5.15. The minimum Gasteiger partial charge on any atom is -0.381 e. The van der Waals surface area contributed by atoms with Gasteiger partial charge in [-0.15, -0.1) is 0 Å². The monoisotopic (exact) mass is 306 g/mol. The molecule has 114 valence electrons. The van der Waals surface area contributed by atoms with E-state index >= 15 is 0 Å². The number of likely N-dealkylation sites (tertiary alicyclic amines) is 2. The van der Waals surface area contributed by atoms with Crippen molar-refractivity contribution in [3.05, 3.63) is 22.4 Å². The SMILES string of the molecule is O=C([C@@H]1CCOC1)N1CC2(CCN(Cc3ccsc3)C2)C1. The van der Waals surface area contributed by atoms with Gasteiger partial charge in [0.15, 0.2) is 0 Å². The van der Waals surface area contributed by atoms with Crippen LogP contribution in [0.25, 0.3) is 0 Å². The largest absolute Gasteiger partial charge is 0.381 e. The summed E-state index contributed by atoms with van der Waals surface area (Å²) in [5.74, 6) is 0.458. The number of hydrogen-bond acceptors (Lipinski definition) is 4. The van der Waals surface area contributed by atoms with E-state index in [4.69, 9.17) is 4.74 Å². The van der Waals surface area contributed by atoms with Crippen LogP contribution in [-0.4, -0.2) is 55.1 Å². The van der Waals surface area contributed by atoms with Crippen molar-refractivity contribution in [1.29, 1.82) is 0 Å². The summed E-state index contributed by atoms with van der Waals surface area (Å²) in [4.78, 5) is 16.9. The van der Waals surface area contributed by atoms with E-state index in [0.717, 1.165) is 39.2 Å². The fourth-order valence-corrected chi connectivity index (χ4v) is 4.63. The maximum atomic E-state index is 12.3. The van der Waals surface area contributed by atoms with Crippen molar-refractivity contribution in [1.82, 2.24) is 9.80 Å². The molecule has 4 rings (SSSR count). The van der Waals surface area contributed by atoms with Crippen molar-refractivity contribution in [2.45, 2.75) is 19.4 Å². The predicted octanol–water partition coefficient (Wildman–Crippen LogP) is 1.82. The molecule has 4 nitrogen and oxygen atoms in total. The first kappa shape index (κ1) is 13.7. The summed E-state index contributed by atoms with van der Waals surface area (Å²) < 4.78 is 5.34. The van der Waals surface area contributed by atoms with Gasteiger partial charge in [0.2, 0.25) is 5.91 Å². The average Bonchev–Trinajstić information content (AvgIpc) is 3.18. The molecule has 0 bridgehead atoms. The van der Waals surface area contributed by atoms with Crippen LogP contribution >= 0.6 is 11.3 Å². The Morgan fingerprint density at radius 1 is 1.43 bits per heavy atom. The van der Waals surface area contributed by atoms with Gasteiger partial charge in [-0.05, 0) is 41.8 Å². The van der Waals surface area contributed by atoms with E-state index in [-0.39, 0.29) is 5.92 Å². The molecule has 3 aliphatic heterocycles. The molecule has 0 N–H and O–H groups in total. The van der Waals surface area contributed by atoms with Gasteiger partial charge < -0.3 is 9.64 Å². The highest BCUT2D eigenvalue weighted by Crippen LogP contribution is 2.41. The molecule has 1 spiro atoms. The van der Waals surface area contributed by atoms with E-state index in [1.165, 1.54) is 18.5 Å². The molecule has 1 amide bonds. The molecule has 1 aromatic heterocycles. The van der Waals surface area contributed by atoms with Gasteiger partial charge in [-0.3, -0.25) is 9.69 Å². The summed E-state index contributed by atoms with van der Waals surface area (Å²) in [6.45, 7) is 6.69. The zero-order valence-corrected chi connectivity index (χ0v) is 13.1. The molecule has 4 heterocycles. The standard InChI is InChI=1S/C16H22N2O2S/c19-15(14-1-5-20-8-14)18-11-16(12-18)3-4-17(10-16)7-13-2-6-21-9-13/h2,6,9,14H,1,3-5,7-8,10-12H2/t14-/m1/s1. The Labute approximate surface area is 129 Å². The molecule has 0 unspecified atom stereocenters. The molecule has 0 aromatic carbocycles. The molecule has 1 aromatic rings. The third kappa shape index (κ3) is 2.62. The number of hydrogen-bond donors (Lipinski definition) is 0. The molecule has 21 heavy (non-hydrogen) atoms. The van der Waals surface area contributed by atoms with E-state index in [0.29, 0.717) is 17.9 Å². The fourth-order valence-electron chi connectivity index (χ4n) is 3.97. The van der Waals surface area contributed by atoms with E-state index in [1.54, 1.807) is 11.3 Å². The summed E-state index contributed by atoms with van der Waals surface area (Å²) in [5.41, 5.74) is 1.80. The predicted molar refractivity (Wildman–Crippen MR) is 82.2 cm³/mol. The minimum absolute atomic E-state index is 0.130. The Kier molecular flexibility index (Phi) is 3.52. The molecule has 3 aliphatic rings. The van der Waals surface area contributed by atoms with Crippen molar-refractivity contribution < 1.29 is 9.53 Å². The number of rotatable bonds is 3. The van der Waals surface area contributed by atoms with Gasteiger partial charge >= 0.3 is 0 Å². The maximum Gasteiger partial charge on any atom is 0.228 e. The molecular formula is C16H22N2O2S. The Hall–Kier alpha value is -0.910. The van der Waals surface area contributed by atoms with E-state index in [1.807, 2.05) is 0 Å². The molecular weight excluding hydrogens is 284 g/mol. The smallest absolute Gasteiger partial charge is 0.228 e. The Morgan fingerprint density at radius 2 is 2.33 bits per heavy atom. The maximum absolute atomic E-state index is 12.3. The molecule has 3 saturated heterocycles. The first-order valence-electron chi connectivity index (χ1n) is 7.84. The lowest BCUT2D eigenvalue weighted by atomic mass is 9.78. The van der Waals surface area contributed by atoms with Crippen LogP contribution in [-0.2, 0) is 16.1 Å². The number of amides is 1. The number of ether oxygens (including phenoxy) is 1. The second kappa shape index (κ2) is 5.38. The lowest BCUT2D eigenvalue weighted by molar-refractivity contribution is -0.147. The summed E-state index contributed by atoms with van der Waals surface area (Å²) in [6, 6.07) is 2.21. The average molecular weight is 306 g/mol. The zero-order chi connectivity index (χ0) is 14.3. The Morgan fingerprint density at radius 3 is 3.05 bits per heavy atom. The van der Waals surface area contributed by atoms with Crippen molar-refractivity contribution in [3.63, 3.8) is 0 Å². The lowest BCUT2D eigenvalue weighted by Crippen LogP contribution is -2.60. The zero-order valence-electron chi connectivity index (χ0n) is 12.3. The van der Waals surface area contributed by atoms with Gasteiger partial charge in [0.1, 0.15) is 0 Å². The van der Waals surface area contributed by atoms with Crippen molar-refractivity contribution in [2.75, 3.05) is 39.4 Å². The summed E-state index contributed by atoms with van der Waals surface area (Å²) >= 11 is 1.77. The van der Waals surface area contributed by atoms with Gasteiger partial charge in [0, 0.05) is 38.2 Å². The Balaban J connectivity index is 1.29. The second-order valence-corrected chi connectivity index (χ2v) is 7.63. The van der Waals surface area contributed by atoms with E-state index in [9.17, 15) is 4.79 Å². The second-order valence-electron chi connectivity index (χ2n) is 6.85. The minimum atomic E-state index is 0.130. The quantitative estimate of drug-likeness (QED) is 0.854. The molecule has 1 atom stereocenters. The van der Waals surface area contributed by atoms with Gasteiger partial charge in [-0.25, -0.2) is 0 Å². The van der Waals surface area contributed by atoms with Crippen LogP contribution in [0, 0.1) is 11.3 Å². The van der Waals surface area contributed by atoms with Crippen LogP contribution in [0.1, 0.15) is 18.4 Å². The number of carbonyl (C=O) groups is 1. The van der Waals surface area contributed by atoms with E-state index < -0.39 is 0 Å². The van der Waals surface area contributed by atoms with Crippen molar-refractivity contribution in [3.8, 4) is 0 Å². The molecule has 0 aliphatic carbocycles. The summed E-state index contributed by atoms with van der Waals surface area (Å²) in [6.07, 6.45) is 2.15. The van der Waals surface area contributed by atoms with E-state index in [2.05, 4.69) is 26.6 Å². The first-order chi connectivity index (χ1) is 10.2. The van der Waals surface area contributed by atoms with Crippen molar-refractivity contribution in [2.24, 2.45) is 11.3 Å². The van der Waals surface area contributed by atoms with Crippen LogP contribution in [0.5, 0.6) is 0 Å². The first-order valence-corrected chi connectivity index (χ1v) is 8.78. The number of nitrogens with zero attached hydrogens (tertiary/aromatic N) is 2. The summed E-state index contributed by atoms with van der Waals surface area (Å²) in [5, 5.41) is 4.39.